The van der Waals surface area contributed by atoms with E-state index in [2.05, 4.69) is 19.2 Å². The van der Waals surface area contributed by atoms with E-state index >= 15 is 0 Å². The fraction of sp³-hybridized carbons (Fsp3) is 0.875. The topological polar surface area (TPSA) is 66.4 Å². The van der Waals surface area contributed by atoms with Crippen molar-refractivity contribution >= 4 is 11.9 Å². The summed E-state index contributed by atoms with van der Waals surface area (Å²) in [4.78, 5) is 23.8. The molecule has 0 aliphatic heterocycles. The number of hydrogen-bond acceptors (Lipinski definition) is 2. The van der Waals surface area contributed by atoms with Crippen LogP contribution in [0.25, 0.3) is 0 Å². The van der Waals surface area contributed by atoms with E-state index in [4.69, 9.17) is 5.11 Å². The Morgan fingerprint density at radius 3 is 2.25 bits per heavy atom. The van der Waals surface area contributed by atoms with Gasteiger partial charge in [-0.05, 0) is 31.1 Å². The Labute approximate surface area is 121 Å². The SMILES string of the molecule is CC1(C)CCCC1C(=O)NC1(CC(=O)O)CCCCC1. The summed E-state index contributed by atoms with van der Waals surface area (Å²) in [7, 11) is 0. The Bertz CT molecular complexity index is 383. The van der Waals surface area contributed by atoms with Crippen LogP contribution in [0.4, 0.5) is 0 Å². The predicted molar refractivity (Wildman–Crippen MR) is 77.3 cm³/mol. The highest BCUT2D eigenvalue weighted by atomic mass is 16.4. The molecule has 4 nitrogen and oxygen atoms in total. The zero-order valence-corrected chi connectivity index (χ0v) is 12.7. The number of hydrogen-bond donors (Lipinski definition) is 2. The maximum absolute atomic E-state index is 12.6. The van der Waals surface area contributed by atoms with Crippen LogP contribution >= 0.6 is 0 Å². The molecule has 114 valence electrons. The van der Waals surface area contributed by atoms with Crippen LogP contribution in [0.3, 0.4) is 0 Å². The molecule has 0 aromatic carbocycles. The molecular weight excluding hydrogens is 254 g/mol. The number of carboxylic acid groups (broad SMARTS) is 1. The number of amides is 1. The van der Waals surface area contributed by atoms with Crippen molar-refractivity contribution in [1.29, 1.82) is 0 Å². The van der Waals surface area contributed by atoms with E-state index in [1.54, 1.807) is 0 Å². The lowest BCUT2D eigenvalue weighted by atomic mass is 9.77. The van der Waals surface area contributed by atoms with Gasteiger partial charge in [0.1, 0.15) is 0 Å². The summed E-state index contributed by atoms with van der Waals surface area (Å²) in [6, 6.07) is 0. The van der Waals surface area contributed by atoms with Crippen molar-refractivity contribution in [2.75, 3.05) is 0 Å². The van der Waals surface area contributed by atoms with Gasteiger partial charge in [-0.25, -0.2) is 0 Å². The van der Waals surface area contributed by atoms with Crippen LogP contribution in [0.5, 0.6) is 0 Å². The van der Waals surface area contributed by atoms with E-state index in [1.807, 2.05) is 0 Å². The molecule has 0 bridgehead atoms. The lowest BCUT2D eigenvalue weighted by molar-refractivity contribution is -0.140. The second-order valence-corrected chi connectivity index (χ2v) is 7.33. The fourth-order valence-electron chi connectivity index (χ4n) is 4.03. The third-order valence-electron chi connectivity index (χ3n) is 5.26. The number of carbonyl (C=O) groups is 2. The van der Waals surface area contributed by atoms with Crippen molar-refractivity contribution in [1.82, 2.24) is 5.32 Å². The summed E-state index contributed by atoms with van der Waals surface area (Å²) < 4.78 is 0. The molecule has 2 rings (SSSR count). The maximum Gasteiger partial charge on any atom is 0.305 e. The Balaban J connectivity index is 2.07. The monoisotopic (exact) mass is 281 g/mol. The smallest absolute Gasteiger partial charge is 0.305 e. The number of rotatable bonds is 4. The Kier molecular flexibility index (Phi) is 4.40. The second-order valence-electron chi connectivity index (χ2n) is 7.33. The molecule has 2 saturated carbocycles. The Morgan fingerprint density at radius 2 is 1.75 bits per heavy atom. The van der Waals surface area contributed by atoms with Crippen molar-refractivity contribution in [3.8, 4) is 0 Å². The fourth-order valence-corrected chi connectivity index (χ4v) is 4.03. The van der Waals surface area contributed by atoms with Gasteiger partial charge in [0.2, 0.25) is 5.91 Å². The summed E-state index contributed by atoms with van der Waals surface area (Å²) in [6.45, 7) is 4.30. The largest absolute Gasteiger partial charge is 0.481 e. The average Bonchev–Trinajstić information content (AvgIpc) is 2.68. The first-order chi connectivity index (χ1) is 9.35. The van der Waals surface area contributed by atoms with Crippen LogP contribution in [0.1, 0.15) is 71.6 Å². The predicted octanol–water partition coefficient (Wildman–Crippen LogP) is 3.11. The highest BCUT2D eigenvalue weighted by Crippen LogP contribution is 2.43. The van der Waals surface area contributed by atoms with Gasteiger partial charge in [0.15, 0.2) is 0 Å². The molecule has 2 fully saturated rings. The standard InChI is InChI=1S/C16H27NO3/c1-15(2)8-6-7-12(15)14(20)17-16(11-13(18)19)9-4-3-5-10-16/h12H,3-11H2,1-2H3,(H,17,20)(H,18,19). The van der Waals surface area contributed by atoms with E-state index in [1.165, 1.54) is 0 Å². The minimum Gasteiger partial charge on any atom is -0.481 e. The summed E-state index contributed by atoms with van der Waals surface area (Å²) >= 11 is 0. The lowest BCUT2D eigenvalue weighted by Crippen LogP contribution is -2.53. The van der Waals surface area contributed by atoms with Crippen molar-refractivity contribution in [3.05, 3.63) is 0 Å². The molecule has 2 aliphatic rings. The zero-order valence-electron chi connectivity index (χ0n) is 12.7. The van der Waals surface area contributed by atoms with Crippen LogP contribution in [0, 0.1) is 11.3 Å². The van der Waals surface area contributed by atoms with E-state index < -0.39 is 11.5 Å². The third-order valence-corrected chi connectivity index (χ3v) is 5.26. The summed E-state index contributed by atoms with van der Waals surface area (Å²) in [5.74, 6) is -0.691. The van der Waals surface area contributed by atoms with E-state index in [-0.39, 0.29) is 23.7 Å². The van der Waals surface area contributed by atoms with Gasteiger partial charge >= 0.3 is 5.97 Å². The molecule has 0 saturated heterocycles. The van der Waals surface area contributed by atoms with Crippen molar-refractivity contribution in [3.63, 3.8) is 0 Å². The van der Waals surface area contributed by atoms with Crippen LogP contribution in [0.2, 0.25) is 0 Å². The first-order valence-corrected chi connectivity index (χ1v) is 7.89. The van der Waals surface area contributed by atoms with Gasteiger partial charge in [0.25, 0.3) is 0 Å². The Hall–Kier alpha value is -1.06. The Morgan fingerprint density at radius 1 is 1.10 bits per heavy atom. The molecule has 4 heteroatoms. The molecule has 2 N–H and O–H groups in total. The molecule has 1 unspecified atom stereocenters. The van der Waals surface area contributed by atoms with Crippen molar-refractivity contribution < 1.29 is 14.7 Å². The molecule has 1 amide bonds. The van der Waals surface area contributed by atoms with Gasteiger partial charge in [0, 0.05) is 5.92 Å². The minimum atomic E-state index is -0.808. The second kappa shape index (κ2) is 5.74. The molecule has 0 aromatic rings. The molecule has 2 aliphatic carbocycles. The van der Waals surface area contributed by atoms with E-state index in [0.29, 0.717) is 0 Å². The number of aliphatic carboxylic acids is 1. The quantitative estimate of drug-likeness (QED) is 0.832. The molecular formula is C16H27NO3. The third kappa shape index (κ3) is 3.33. The molecule has 0 aromatic heterocycles. The molecule has 0 radical (unpaired) electrons. The average molecular weight is 281 g/mol. The zero-order chi connectivity index (χ0) is 14.8. The minimum absolute atomic E-state index is 0.0371. The van der Waals surface area contributed by atoms with Crippen LogP contribution in [-0.2, 0) is 9.59 Å². The van der Waals surface area contributed by atoms with Crippen molar-refractivity contribution in [2.45, 2.75) is 77.2 Å². The lowest BCUT2D eigenvalue weighted by Gasteiger charge is -2.39. The molecule has 0 heterocycles. The van der Waals surface area contributed by atoms with E-state index in [9.17, 15) is 9.59 Å². The first kappa shape index (κ1) is 15.3. The summed E-state index contributed by atoms with van der Waals surface area (Å²) in [5, 5.41) is 12.3. The highest BCUT2D eigenvalue weighted by molar-refractivity contribution is 5.81. The molecule has 1 atom stereocenters. The number of carbonyl (C=O) groups excluding carboxylic acids is 1. The van der Waals surface area contributed by atoms with Crippen molar-refractivity contribution in [2.24, 2.45) is 11.3 Å². The summed E-state index contributed by atoms with van der Waals surface area (Å²) in [5.41, 5.74) is -0.455. The maximum atomic E-state index is 12.6. The van der Waals surface area contributed by atoms with Gasteiger partial charge < -0.3 is 10.4 Å². The molecule has 0 spiro atoms. The highest BCUT2D eigenvalue weighted by Gasteiger charge is 2.43. The van der Waals surface area contributed by atoms with E-state index in [0.717, 1.165) is 51.4 Å². The van der Waals surface area contributed by atoms with Crippen LogP contribution < -0.4 is 5.32 Å². The van der Waals surface area contributed by atoms with Gasteiger partial charge in [-0.3, -0.25) is 9.59 Å². The van der Waals surface area contributed by atoms with Crippen LogP contribution in [-0.4, -0.2) is 22.5 Å². The van der Waals surface area contributed by atoms with Crippen LogP contribution in [0.15, 0.2) is 0 Å². The molecule has 20 heavy (non-hydrogen) atoms. The normalized spacial score (nSPS) is 28.0. The number of carboxylic acids is 1. The van der Waals surface area contributed by atoms with Gasteiger partial charge in [-0.15, -0.1) is 0 Å². The van der Waals surface area contributed by atoms with Gasteiger partial charge in [-0.1, -0.05) is 39.5 Å². The van der Waals surface area contributed by atoms with Gasteiger partial charge in [-0.2, -0.15) is 0 Å². The number of nitrogens with one attached hydrogen (secondary N) is 1. The van der Waals surface area contributed by atoms with Gasteiger partial charge in [0.05, 0.1) is 12.0 Å². The first-order valence-electron chi connectivity index (χ1n) is 7.89. The summed E-state index contributed by atoms with van der Waals surface area (Å²) in [6.07, 6.45) is 7.95.